The number of methoxy groups -OCH3 is 1. The van der Waals surface area contributed by atoms with E-state index in [4.69, 9.17) is 4.74 Å². The quantitative estimate of drug-likeness (QED) is 0.419. The molecule has 0 spiro atoms. The van der Waals surface area contributed by atoms with Crippen LogP contribution in [0.15, 0.2) is 79.0 Å². The molecule has 2 heterocycles. The molecule has 5 rings (SSSR count). The Kier molecular flexibility index (Phi) is 6.04. The van der Waals surface area contributed by atoms with E-state index in [1.165, 1.54) is 36.3 Å². The highest BCUT2D eigenvalue weighted by Gasteiger charge is 2.52. The second kappa shape index (κ2) is 9.34. The predicted octanol–water partition coefficient (Wildman–Crippen LogP) is 3.22. The van der Waals surface area contributed by atoms with E-state index in [0.717, 1.165) is 10.8 Å². The second-order valence-electron chi connectivity index (χ2n) is 8.65. The van der Waals surface area contributed by atoms with Gasteiger partial charge in [0.2, 0.25) is 0 Å². The SMILES string of the molecule is COc1ccc2c(c1)N(c1ccc(F)cc1)C(=O)C2(CCC(=O)[O-])NC(=O)c1cc2ccccc2cn1. The van der Waals surface area contributed by atoms with Gasteiger partial charge in [-0.1, -0.05) is 30.3 Å². The standard InChI is InChI=1S/C28H22FN3O5/c1-37-21-10-11-22-24(15-21)32(20-8-6-19(29)7-9-20)27(36)28(22,13-12-25(33)34)31-26(35)23-14-17-4-2-3-5-18(17)16-30-23/h2-11,14-16H,12-13H2,1H3,(H,31,35)(H,33,34)/p-1. The lowest BCUT2D eigenvalue weighted by atomic mass is 9.86. The van der Waals surface area contributed by atoms with Crippen LogP contribution < -0.4 is 20.1 Å². The maximum Gasteiger partial charge on any atom is 0.271 e. The van der Waals surface area contributed by atoms with Crippen molar-refractivity contribution >= 4 is 39.9 Å². The molecule has 4 aromatic rings. The summed E-state index contributed by atoms with van der Waals surface area (Å²) >= 11 is 0. The molecule has 0 saturated heterocycles. The van der Waals surface area contributed by atoms with Crippen LogP contribution in [0.3, 0.4) is 0 Å². The number of benzene rings is 3. The van der Waals surface area contributed by atoms with Gasteiger partial charge < -0.3 is 20.0 Å². The molecule has 0 aliphatic carbocycles. The Morgan fingerprint density at radius 3 is 2.49 bits per heavy atom. The summed E-state index contributed by atoms with van der Waals surface area (Å²) in [7, 11) is 1.47. The molecule has 0 fully saturated rings. The van der Waals surface area contributed by atoms with Crippen molar-refractivity contribution in [3.63, 3.8) is 0 Å². The average Bonchev–Trinajstić information content (AvgIpc) is 3.14. The number of aliphatic carboxylic acids is 1. The van der Waals surface area contributed by atoms with Crippen molar-refractivity contribution in [3.05, 3.63) is 96.1 Å². The van der Waals surface area contributed by atoms with E-state index >= 15 is 0 Å². The molecular weight excluding hydrogens is 477 g/mol. The van der Waals surface area contributed by atoms with Gasteiger partial charge in [0.05, 0.1) is 12.8 Å². The van der Waals surface area contributed by atoms with E-state index in [9.17, 15) is 23.9 Å². The fraction of sp³-hybridized carbons (Fsp3) is 0.143. The van der Waals surface area contributed by atoms with Gasteiger partial charge in [0.25, 0.3) is 11.8 Å². The van der Waals surface area contributed by atoms with Crippen LogP contribution in [-0.4, -0.2) is 29.9 Å². The van der Waals surface area contributed by atoms with Gasteiger partial charge in [-0.3, -0.25) is 19.5 Å². The number of nitrogens with one attached hydrogen (secondary N) is 1. The Labute approximate surface area is 211 Å². The number of carboxylic acid groups (broad SMARTS) is 1. The average molecular weight is 498 g/mol. The predicted molar refractivity (Wildman–Crippen MR) is 132 cm³/mol. The Morgan fingerprint density at radius 1 is 1.05 bits per heavy atom. The highest BCUT2D eigenvalue weighted by Crippen LogP contribution is 2.48. The highest BCUT2D eigenvalue weighted by atomic mass is 19.1. The van der Waals surface area contributed by atoms with Crippen molar-refractivity contribution in [3.8, 4) is 5.75 Å². The number of halogens is 1. The molecule has 9 heteroatoms. The first-order valence-corrected chi connectivity index (χ1v) is 11.5. The zero-order valence-corrected chi connectivity index (χ0v) is 19.7. The Bertz CT molecular complexity index is 1540. The van der Waals surface area contributed by atoms with Gasteiger partial charge in [-0.25, -0.2) is 4.39 Å². The molecule has 1 aliphatic heterocycles. The van der Waals surface area contributed by atoms with Gasteiger partial charge in [-0.05, 0) is 54.6 Å². The lowest BCUT2D eigenvalue weighted by molar-refractivity contribution is -0.306. The molecular formula is C28H21FN3O5-. The summed E-state index contributed by atoms with van der Waals surface area (Å²) in [6, 6.07) is 19.1. The van der Waals surface area contributed by atoms with Crippen LogP contribution >= 0.6 is 0 Å². The van der Waals surface area contributed by atoms with Gasteiger partial charge in [0, 0.05) is 34.9 Å². The van der Waals surface area contributed by atoms with Crippen LogP contribution in [0, 0.1) is 5.82 Å². The summed E-state index contributed by atoms with van der Waals surface area (Å²) in [5, 5.41) is 15.9. The minimum atomic E-state index is -1.75. The fourth-order valence-electron chi connectivity index (χ4n) is 4.63. The Hall–Kier alpha value is -4.79. The monoisotopic (exact) mass is 498 g/mol. The summed E-state index contributed by atoms with van der Waals surface area (Å²) in [5.41, 5.74) is -0.594. The number of rotatable bonds is 7. The zero-order chi connectivity index (χ0) is 26.2. The van der Waals surface area contributed by atoms with Crippen molar-refractivity contribution in [2.45, 2.75) is 18.4 Å². The first-order chi connectivity index (χ1) is 17.8. The molecule has 1 atom stereocenters. The van der Waals surface area contributed by atoms with E-state index in [-0.39, 0.29) is 12.1 Å². The van der Waals surface area contributed by atoms with Crippen LogP contribution in [0.5, 0.6) is 5.75 Å². The first-order valence-electron chi connectivity index (χ1n) is 11.5. The van der Waals surface area contributed by atoms with Crippen LogP contribution in [0.1, 0.15) is 28.9 Å². The number of carbonyl (C=O) groups excluding carboxylic acids is 3. The summed E-state index contributed by atoms with van der Waals surface area (Å²) in [6.07, 6.45) is 0.780. The van der Waals surface area contributed by atoms with E-state index in [0.29, 0.717) is 22.7 Å². The molecule has 1 unspecified atom stereocenters. The molecule has 1 aromatic heterocycles. The number of aromatic nitrogens is 1. The third-order valence-corrected chi connectivity index (χ3v) is 6.45. The molecule has 0 radical (unpaired) electrons. The van der Waals surface area contributed by atoms with E-state index in [1.54, 1.807) is 30.5 Å². The smallest absolute Gasteiger partial charge is 0.271 e. The summed E-state index contributed by atoms with van der Waals surface area (Å²) in [6.45, 7) is 0. The molecule has 1 aliphatic rings. The van der Waals surface area contributed by atoms with Gasteiger partial charge in [0.15, 0.2) is 0 Å². The number of hydrogen-bond acceptors (Lipinski definition) is 6. The summed E-state index contributed by atoms with van der Waals surface area (Å²) < 4.78 is 19.0. The van der Waals surface area contributed by atoms with Crippen molar-refractivity contribution < 1.29 is 28.6 Å². The largest absolute Gasteiger partial charge is 0.550 e. The van der Waals surface area contributed by atoms with E-state index in [2.05, 4.69) is 10.3 Å². The van der Waals surface area contributed by atoms with Gasteiger partial charge >= 0.3 is 0 Å². The number of pyridine rings is 1. The van der Waals surface area contributed by atoms with Crippen LogP contribution in [0.2, 0.25) is 0 Å². The van der Waals surface area contributed by atoms with Crippen molar-refractivity contribution in [1.29, 1.82) is 0 Å². The van der Waals surface area contributed by atoms with Gasteiger partial charge in [-0.2, -0.15) is 0 Å². The minimum Gasteiger partial charge on any atom is -0.550 e. The number of anilines is 2. The van der Waals surface area contributed by atoms with Crippen molar-refractivity contribution in [1.82, 2.24) is 10.3 Å². The number of carbonyl (C=O) groups is 3. The minimum absolute atomic E-state index is 0.0645. The Balaban J connectivity index is 1.63. The summed E-state index contributed by atoms with van der Waals surface area (Å²) in [4.78, 5) is 44.6. The number of ether oxygens (including phenoxy) is 1. The van der Waals surface area contributed by atoms with Crippen LogP contribution in [0.25, 0.3) is 10.8 Å². The number of fused-ring (bicyclic) bond motifs is 2. The third-order valence-electron chi connectivity index (χ3n) is 6.45. The van der Waals surface area contributed by atoms with Crippen molar-refractivity contribution in [2.75, 3.05) is 12.0 Å². The molecule has 0 bridgehead atoms. The molecule has 3 aromatic carbocycles. The molecule has 0 saturated carbocycles. The molecule has 8 nitrogen and oxygen atoms in total. The van der Waals surface area contributed by atoms with Gasteiger partial charge in [0.1, 0.15) is 22.8 Å². The van der Waals surface area contributed by atoms with E-state index in [1.807, 2.05) is 24.3 Å². The highest BCUT2D eigenvalue weighted by molar-refractivity contribution is 6.15. The lowest BCUT2D eigenvalue weighted by Gasteiger charge is -2.30. The fourth-order valence-corrected chi connectivity index (χ4v) is 4.63. The first kappa shape index (κ1) is 23.9. The van der Waals surface area contributed by atoms with Crippen molar-refractivity contribution in [2.24, 2.45) is 0 Å². The second-order valence-corrected chi connectivity index (χ2v) is 8.65. The maximum absolute atomic E-state index is 14.1. The van der Waals surface area contributed by atoms with Crippen LogP contribution in [0.4, 0.5) is 15.8 Å². The topological polar surface area (TPSA) is 112 Å². The molecule has 186 valence electrons. The normalized spacial score (nSPS) is 16.5. The molecule has 2 amide bonds. The lowest BCUT2D eigenvalue weighted by Crippen LogP contribution is -2.53. The molecule has 1 N–H and O–H groups in total. The summed E-state index contributed by atoms with van der Waals surface area (Å²) in [5.74, 6) is -2.67. The third kappa shape index (κ3) is 4.24. The number of hydrogen-bond donors (Lipinski definition) is 1. The number of amides is 2. The zero-order valence-electron chi connectivity index (χ0n) is 19.7. The van der Waals surface area contributed by atoms with E-state index < -0.39 is 35.6 Å². The Morgan fingerprint density at radius 2 is 1.78 bits per heavy atom. The van der Waals surface area contributed by atoms with Gasteiger partial charge in [-0.15, -0.1) is 0 Å². The maximum atomic E-state index is 14.1. The van der Waals surface area contributed by atoms with Crippen LogP contribution in [-0.2, 0) is 15.1 Å². The number of carboxylic acids is 1. The number of nitrogens with zero attached hydrogens (tertiary/aromatic N) is 2. The molecule has 37 heavy (non-hydrogen) atoms.